The molecule has 0 spiro atoms. The number of hydrogen-bond donors (Lipinski definition) is 0. The largest absolute Gasteiger partial charge is 0.300 e. The van der Waals surface area contributed by atoms with Gasteiger partial charge in [-0.2, -0.15) is 0 Å². The van der Waals surface area contributed by atoms with E-state index in [-0.39, 0.29) is 0 Å². The summed E-state index contributed by atoms with van der Waals surface area (Å²) in [5.41, 5.74) is 1.33. The fourth-order valence-electron chi connectivity index (χ4n) is 1.48. The van der Waals surface area contributed by atoms with Crippen LogP contribution in [0.15, 0.2) is 12.2 Å². The molecule has 1 rings (SSSR count). The zero-order valence-electron chi connectivity index (χ0n) is 7.07. The second-order valence-corrected chi connectivity index (χ2v) is 3.35. The van der Waals surface area contributed by atoms with Crippen LogP contribution >= 0.6 is 0 Å². The molecule has 1 aliphatic carbocycles. The quantitative estimate of drug-likeness (QED) is 0.488. The van der Waals surface area contributed by atoms with Crippen LogP contribution in [0.25, 0.3) is 0 Å². The summed E-state index contributed by atoms with van der Waals surface area (Å²) in [6, 6.07) is 0. The highest BCUT2D eigenvalue weighted by Gasteiger charge is 2.05. The lowest BCUT2D eigenvalue weighted by atomic mass is 10.1. The maximum Gasteiger partial charge on any atom is 0.132 e. The van der Waals surface area contributed by atoms with Crippen LogP contribution in [-0.2, 0) is 4.79 Å². The van der Waals surface area contributed by atoms with E-state index < -0.39 is 0 Å². The van der Waals surface area contributed by atoms with Gasteiger partial charge in [-0.25, -0.2) is 0 Å². The molecule has 0 atom stereocenters. The van der Waals surface area contributed by atoms with Crippen LogP contribution in [0, 0.1) is 0 Å². The lowest BCUT2D eigenvalue weighted by Crippen LogP contribution is -1.95. The van der Waals surface area contributed by atoms with Crippen LogP contribution in [0.2, 0.25) is 0 Å². The van der Waals surface area contributed by atoms with Crippen molar-refractivity contribution < 1.29 is 4.79 Å². The molecule has 0 aliphatic heterocycles. The van der Waals surface area contributed by atoms with Gasteiger partial charge in [0.25, 0.3) is 0 Å². The van der Waals surface area contributed by atoms with Gasteiger partial charge in [0.05, 0.1) is 0 Å². The maximum atomic E-state index is 11.1. The Morgan fingerprint density at radius 3 is 2.27 bits per heavy atom. The number of allylic oxidation sites excluding steroid dienone is 1. The summed E-state index contributed by atoms with van der Waals surface area (Å²) >= 11 is 0. The molecule has 0 aromatic carbocycles. The van der Waals surface area contributed by atoms with Crippen LogP contribution in [0.1, 0.15) is 44.9 Å². The molecule has 1 fully saturated rings. The summed E-state index contributed by atoms with van der Waals surface area (Å²) in [6.45, 7) is 3.97. The van der Waals surface area contributed by atoms with Gasteiger partial charge in [0.1, 0.15) is 5.78 Å². The molecule has 0 N–H and O–H groups in total. The van der Waals surface area contributed by atoms with Gasteiger partial charge in [-0.3, -0.25) is 4.79 Å². The highest BCUT2D eigenvalue weighted by atomic mass is 16.1. The van der Waals surface area contributed by atoms with Crippen LogP contribution in [0.4, 0.5) is 0 Å². The zero-order chi connectivity index (χ0) is 8.10. The van der Waals surface area contributed by atoms with Crippen LogP contribution in [0.5, 0.6) is 0 Å². The standard InChI is InChI=1S/C10H16O/c1-9-5-2-3-7-10(11)8-4-6-9/h1-8H2. The van der Waals surface area contributed by atoms with E-state index in [1.54, 1.807) is 0 Å². The number of Topliss-reactive ketones (excluding diaryl/α,β-unsaturated/α-hetero) is 1. The highest BCUT2D eigenvalue weighted by molar-refractivity contribution is 5.78. The van der Waals surface area contributed by atoms with E-state index in [9.17, 15) is 4.79 Å². The lowest BCUT2D eigenvalue weighted by molar-refractivity contribution is -0.119. The van der Waals surface area contributed by atoms with E-state index >= 15 is 0 Å². The molecule has 0 unspecified atom stereocenters. The minimum Gasteiger partial charge on any atom is -0.300 e. The normalized spacial score (nSPS) is 22.2. The van der Waals surface area contributed by atoms with E-state index in [2.05, 4.69) is 6.58 Å². The molecule has 1 aliphatic rings. The van der Waals surface area contributed by atoms with E-state index in [4.69, 9.17) is 0 Å². The van der Waals surface area contributed by atoms with Crippen LogP contribution < -0.4 is 0 Å². The monoisotopic (exact) mass is 152 g/mol. The van der Waals surface area contributed by atoms with Gasteiger partial charge < -0.3 is 0 Å². The predicted molar refractivity (Wildman–Crippen MR) is 46.5 cm³/mol. The summed E-state index contributed by atoms with van der Waals surface area (Å²) in [7, 11) is 0. The smallest absolute Gasteiger partial charge is 0.132 e. The molecule has 0 aromatic heterocycles. The Morgan fingerprint density at radius 2 is 1.45 bits per heavy atom. The average Bonchev–Trinajstić information content (AvgIpc) is 2.04. The van der Waals surface area contributed by atoms with Crippen molar-refractivity contribution in [2.45, 2.75) is 44.9 Å². The van der Waals surface area contributed by atoms with Crippen LogP contribution in [-0.4, -0.2) is 5.78 Å². The second kappa shape index (κ2) is 4.32. The molecule has 0 aromatic rings. The number of carbonyl (C=O) groups excluding carboxylic acids is 1. The number of rotatable bonds is 0. The number of ketones is 1. The Kier molecular flexibility index (Phi) is 3.34. The van der Waals surface area contributed by atoms with Crippen molar-refractivity contribution in [1.29, 1.82) is 0 Å². The first-order valence-corrected chi connectivity index (χ1v) is 4.47. The lowest BCUT2D eigenvalue weighted by Gasteiger charge is -1.99. The third-order valence-corrected chi connectivity index (χ3v) is 2.22. The molecule has 1 heteroatoms. The Balaban J connectivity index is 2.35. The van der Waals surface area contributed by atoms with Crippen molar-refractivity contribution in [3.8, 4) is 0 Å². The van der Waals surface area contributed by atoms with Gasteiger partial charge in [0.15, 0.2) is 0 Å². The van der Waals surface area contributed by atoms with Crippen molar-refractivity contribution in [3.63, 3.8) is 0 Å². The van der Waals surface area contributed by atoms with Crippen molar-refractivity contribution in [2.24, 2.45) is 0 Å². The molecule has 0 saturated heterocycles. The Morgan fingerprint density at radius 1 is 0.909 bits per heavy atom. The Bertz CT molecular complexity index is 140. The molecule has 0 amide bonds. The number of hydrogen-bond acceptors (Lipinski definition) is 1. The third-order valence-electron chi connectivity index (χ3n) is 2.22. The van der Waals surface area contributed by atoms with Crippen molar-refractivity contribution in [2.75, 3.05) is 0 Å². The Labute approximate surface area is 68.5 Å². The van der Waals surface area contributed by atoms with Gasteiger partial charge in [-0.15, -0.1) is 0 Å². The molecular weight excluding hydrogens is 136 g/mol. The van der Waals surface area contributed by atoms with Gasteiger partial charge in [0.2, 0.25) is 0 Å². The summed E-state index contributed by atoms with van der Waals surface area (Å²) < 4.78 is 0. The van der Waals surface area contributed by atoms with E-state index in [0.29, 0.717) is 5.78 Å². The summed E-state index contributed by atoms with van der Waals surface area (Å²) in [6.07, 6.45) is 7.02. The fraction of sp³-hybridized carbons (Fsp3) is 0.700. The summed E-state index contributed by atoms with van der Waals surface area (Å²) in [5, 5.41) is 0. The molecule has 11 heavy (non-hydrogen) atoms. The fourth-order valence-corrected chi connectivity index (χ4v) is 1.48. The molecule has 0 bridgehead atoms. The molecular formula is C10H16O. The molecule has 1 saturated carbocycles. The first kappa shape index (κ1) is 8.51. The minimum absolute atomic E-state index is 0.444. The molecule has 1 nitrogen and oxygen atoms in total. The minimum atomic E-state index is 0.444. The predicted octanol–water partition coefficient (Wildman–Crippen LogP) is 2.86. The second-order valence-electron chi connectivity index (χ2n) is 3.35. The van der Waals surface area contributed by atoms with E-state index in [1.165, 1.54) is 5.57 Å². The van der Waals surface area contributed by atoms with Gasteiger partial charge >= 0.3 is 0 Å². The average molecular weight is 152 g/mol. The highest BCUT2D eigenvalue weighted by Crippen LogP contribution is 2.17. The first-order valence-electron chi connectivity index (χ1n) is 4.47. The Hall–Kier alpha value is -0.590. The van der Waals surface area contributed by atoms with E-state index in [1.807, 2.05) is 0 Å². The van der Waals surface area contributed by atoms with Gasteiger partial charge in [-0.1, -0.05) is 12.2 Å². The molecule has 62 valence electrons. The van der Waals surface area contributed by atoms with Crippen molar-refractivity contribution >= 4 is 5.78 Å². The van der Waals surface area contributed by atoms with Gasteiger partial charge in [-0.05, 0) is 32.1 Å². The van der Waals surface area contributed by atoms with Gasteiger partial charge in [0, 0.05) is 12.8 Å². The van der Waals surface area contributed by atoms with E-state index in [0.717, 1.165) is 44.9 Å². The molecule has 0 radical (unpaired) electrons. The number of carbonyl (C=O) groups is 1. The zero-order valence-corrected chi connectivity index (χ0v) is 7.07. The van der Waals surface area contributed by atoms with Crippen molar-refractivity contribution in [1.82, 2.24) is 0 Å². The summed E-state index contributed by atoms with van der Waals surface area (Å²) in [4.78, 5) is 11.1. The van der Waals surface area contributed by atoms with Crippen LogP contribution in [0.3, 0.4) is 0 Å². The third kappa shape index (κ3) is 3.35. The summed E-state index contributed by atoms with van der Waals surface area (Å²) in [5.74, 6) is 0.444. The first-order chi connectivity index (χ1) is 5.29. The maximum absolute atomic E-state index is 11.1. The topological polar surface area (TPSA) is 17.1 Å². The SMILES string of the molecule is C=C1CCCCC(=O)CCC1. The van der Waals surface area contributed by atoms with Crippen molar-refractivity contribution in [3.05, 3.63) is 12.2 Å². The molecule has 0 heterocycles.